The van der Waals surface area contributed by atoms with E-state index in [0.29, 0.717) is 17.5 Å². The molecule has 0 spiro atoms. The Hall–Kier alpha value is -3.64. The minimum atomic E-state index is -0.552. The second-order valence-electron chi connectivity index (χ2n) is 9.38. The zero-order chi connectivity index (χ0) is 24.2. The fraction of sp³-hybridized carbons (Fsp3) is 0.310. The van der Waals surface area contributed by atoms with E-state index in [1.165, 1.54) is 11.1 Å². The predicted octanol–water partition coefficient (Wildman–Crippen LogP) is 5.67. The first-order valence-electron chi connectivity index (χ1n) is 12.3. The minimum absolute atomic E-state index is 0.0528. The van der Waals surface area contributed by atoms with E-state index in [-0.39, 0.29) is 12.1 Å². The van der Waals surface area contributed by atoms with E-state index in [4.69, 9.17) is 4.74 Å². The molecule has 1 saturated carbocycles. The topological polar surface area (TPSA) is 74.7 Å². The molecule has 3 aromatic rings. The van der Waals surface area contributed by atoms with E-state index in [9.17, 15) is 9.90 Å². The summed E-state index contributed by atoms with van der Waals surface area (Å²) in [6, 6.07) is 22.2. The lowest BCUT2D eigenvalue weighted by Crippen LogP contribution is -2.44. The number of nitrogens with zero attached hydrogens (tertiary/aromatic N) is 2. The third kappa shape index (κ3) is 5.89. The summed E-state index contributed by atoms with van der Waals surface area (Å²) in [6.45, 7) is 3.17. The molecule has 2 N–H and O–H groups in total. The molecule has 2 fully saturated rings. The van der Waals surface area contributed by atoms with Gasteiger partial charge in [0.1, 0.15) is 5.75 Å². The van der Waals surface area contributed by atoms with Gasteiger partial charge < -0.3 is 20.1 Å². The zero-order valence-corrected chi connectivity index (χ0v) is 19.9. The Morgan fingerprint density at radius 3 is 2.63 bits per heavy atom. The quantitative estimate of drug-likeness (QED) is 0.488. The number of hydrogen-bond donors (Lipinski definition) is 2. The normalized spacial score (nSPS) is 20.2. The second-order valence-corrected chi connectivity index (χ2v) is 9.38. The highest BCUT2D eigenvalue weighted by atomic mass is 16.5. The Morgan fingerprint density at radius 2 is 1.91 bits per heavy atom. The summed E-state index contributed by atoms with van der Waals surface area (Å²) in [4.78, 5) is 18.9. The molecule has 6 heteroatoms. The molecule has 1 saturated heterocycles. The van der Waals surface area contributed by atoms with Crippen LogP contribution >= 0.6 is 0 Å². The van der Waals surface area contributed by atoms with Crippen molar-refractivity contribution < 1.29 is 14.6 Å². The average Bonchev–Trinajstić information content (AvgIpc) is 3.64. The summed E-state index contributed by atoms with van der Waals surface area (Å²) in [5, 5.41) is 12.8. The van der Waals surface area contributed by atoms with E-state index >= 15 is 0 Å². The third-order valence-corrected chi connectivity index (χ3v) is 6.71. The van der Waals surface area contributed by atoms with Gasteiger partial charge >= 0.3 is 6.03 Å². The molecule has 180 valence electrons. The van der Waals surface area contributed by atoms with Crippen molar-refractivity contribution in [3.05, 3.63) is 95.2 Å². The summed E-state index contributed by atoms with van der Waals surface area (Å²) in [7, 11) is 0. The number of aliphatic hydroxyl groups is 1. The molecule has 1 aromatic heterocycles. The number of nitrogens with one attached hydrogen (secondary N) is 1. The van der Waals surface area contributed by atoms with Crippen molar-refractivity contribution in [2.45, 2.75) is 44.2 Å². The number of aliphatic hydroxyl groups excluding tert-OH is 1. The van der Waals surface area contributed by atoms with Crippen LogP contribution in [0.3, 0.4) is 0 Å². The van der Waals surface area contributed by atoms with Crippen LogP contribution in [0.25, 0.3) is 6.08 Å². The molecule has 0 bridgehead atoms. The fourth-order valence-electron chi connectivity index (χ4n) is 4.54. The molecule has 2 unspecified atom stereocenters. The lowest BCUT2D eigenvalue weighted by molar-refractivity contribution is 0.193. The van der Waals surface area contributed by atoms with Crippen LogP contribution in [0.15, 0.2) is 78.5 Å². The molecule has 1 aliphatic carbocycles. The van der Waals surface area contributed by atoms with Crippen LogP contribution in [-0.4, -0.2) is 40.2 Å². The van der Waals surface area contributed by atoms with Crippen LogP contribution in [-0.2, 0) is 0 Å². The van der Waals surface area contributed by atoms with Gasteiger partial charge in [0.05, 0.1) is 6.10 Å². The predicted molar refractivity (Wildman–Crippen MR) is 136 cm³/mol. The van der Waals surface area contributed by atoms with E-state index in [1.807, 2.05) is 35.2 Å². The largest absolute Gasteiger partial charge is 0.439 e. The van der Waals surface area contributed by atoms with Crippen LogP contribution in [0.5, 0.6) is 11.6 Å². The van der Waals surface area contributed by atoms with Gasteiger partial charge in [0, 0.05) is 37.3 Å². The smallest absolute Gasteiger partial charge is 0.317 e. The van der Waals surface area contributed by atoms with Gasteiger partial charge in [-0.1, -0.05) is 54.1 Å². The standard InChI is InChI=1S/C29H31N3O3/c1-20(33)24-10-11-28(30-19-24)35-25-9-5-6-22(17-25)16-21-12-14-32(15-13-21)29(34)31-27-18-26(27)23-7-3-2-4-8-23/h2-11,16-17,19-20,26-27,33H,12-15,18H2,1H3,(H,31,34)/t20?,26-,27?/m0/s1. The summed E-state index contributed by atoms with van der Waals surface area (Å²) in [5.74, 6) is 1.65. The Morgan fingerprint density at radius 1 is 1.11 bits per heavy atom. The van der Waals surface area contributed by atoms with Crippen LogP contribution in [0.1, 0.15) is 54.9 Å². The Labute approximate surface area is 206 Å². The molecule has 0 radical (unpaired) electrons. The van der Waals surface area contributed by atoms with E-state index in [2.05, 4.69) is 46.7 Å². The molecule has 1 aliphatic heterocycles. The van der Waals surface area contributed by atoms with Crippen molar-refractivity contribution >= 4 is 12.1 Å². The van der Waals surface area contributed by atoms with Crippen LogP contribution in [0, 0.1) is 0 Å². The molecule has 6 nitrogen and oxygen atoms in total. The van der Waals surface area contributed by atoms with Gasteiger partial charge in [-0.3, -0.25) is 0 Å². The number of amides is 2. The van der Waals surface area contributed by atoms with Gasteiger partial charge in [-0.2, -0.15) is 0 Å². The van der Waals surface area contributed by atoms with E-state index in [1.54, 1.807) is 19.2 Å². The second kappa shape index (κ2) is 10.3. The van der Waals surface area contributed by atoms with Crippen molar-refractivity contribution in [2.24, 2.45) is 0 Å². The van der Waals surface area contributed by atoms with Gasteiger partial charge in [0.25, 0.3) is 0 Å². The molecule has 35 heavy (non-hydrogen) atoms. The molecular formula is C29H31N3O3. The van der Waals surface area contributed by atoms with Crippen LogP contribution < -0.4 is 10.1 Å². The Balaban J connectivity index is 1.13. The first kappa shape index (κ1) is 23.1. The molecule has 2 amide bonds. The van der Waals surface area contributed by atoms with Gasteiger partial charge in [0.2, 0.25) is 5.88 Å². The Bertz CT molecular complexity index is 1180. The maximum atomic E-state index is 12.7. The molecule has 2 aliphatic rings. The first-order chi connectivity index (χ1) is 17.0. The number of carbonyl (C=O) groups is 1. The Kier molecular flexibility index (Phi) is 6.82. The number of benzene rings is 2. The summed E-state index contributed by atoms with van der Waals surface area (Å²) >= 11 is 0. The fourth-order valence-corrected chi connectivity index (χ4v) is 4.54. The van der Waals surface area contributed by atoms with Crippen molar-refractivity contribution in [2.75, 3.05) is 13.1 Å². The number of hydrogen-bond acceptors (Lipinski definition) is 4. The lowest BCUT2D eigenvalue weighted by Gasteiger charge is -2.28. The zero-order valence-electron chi connectivity index (χ0n) is 19.9. The highest BCUT2D eigenvalue weighted by molar-refractivity contribution is 5.75. The maximum Gasteiger partial charge on any atom is 0.317 e. The highest BCUT2D eigenvalue weighted by Crippen LogP contribution is 2.40. The molecule has 2 aromatic carbocycles. The SMILES string of the molecule is CC(O)c1ccc(Oc2cccc(C=C3CCN(C(=O)NC4C[C@H]4c4ccccc4)CC3)c2)nc1. The molecular weight excluding hydrogens is 438 g/mol. The van der Waals surface area contributed by atoms with E-state index in [0.717, 1.165) is 43.5 Å². The van der Waals surface area contributed by atoms with Gasteiger partial charge in [0.15, 0.2) is 0 Å². The van der Waals surface area contributed by atoms with Gasteiger partial charge in [-0.25, -0.2) is 9.78 Å². The number of likely N-dealkylation sites (tertiary alicyclic amines) is 1. The molecule has 2 heterocycles. The van der Waals surface area contributed by atoms with Crippen molar-refractivity contribution in [3.8, 4) is 11.6 Å². The monoisotopic (exact) mass is 469 g/mol. The first-order valence-corrected chi connectivity index (χ1v) is 12.3. The summed E-state index contributed by atoms with van der Waals surface area (Å²) in [6.07, 6.45) is 6.03. The average molecular weight is 470 g/mol. The van der Waals surface area contributed by atoms with Gasteiger partial charge in [-0.15, -0.1) is 0 Å². The van der Waals surface area contributed by atoms with Crippen LogP contribution in [0.4, 0.5) is 4.79 Å². The summed E-state index contributed by atoms with van der Waals surface area (Å²) in [5.41, 5.74) is 4.46. The molecule has 5 rings (SSSR count). The van der Waals surface area contributed by atoms with Crippen molar-refractivity contribution in [1.82, 2.24) is 15.2 Å². The number of pyridine rings is 1. The number of aromatic nitrogens is 1. The maximum absolute atomic E-state index is 12.7. The number of rotatable bonds is 6. The van der Waals surface area contributed by atoms with Crippen LogP contribution in [0.2, 0.25) is 0 Å². The highest BCUT2D eigenvalue weighted by Gasteiger charge is 2.40. The third-order valence-electron chi connectivity index (χ3n) is 6.71. The van der Waals surface area contributed by atoms with Crippen molar-refractivity contribution in [3.63, 3.8) is 0 Å². The lowest BCUT2D eigenvalue weighted by atomic mass is 10.0. The molecule has 3 atom stereocenters. The van der Waals surface area contributed by atoms with Crippen molar-refractivity contribution in [1.29, 1.82) is 0 Å². The summed E-state index contributed by atoms with van der Waals surface area (Å²) < 4.78 is 5.89. The number of urea groups is 1. The number of ether oxygens (including phenoxy) is 1. The van der Waals surface area contributed by atoms with Gasteiger partial charge in [-0.05, 0) is 61.1 Å². The number of carbonyl (C=O) groups excluding carboxylic acids is 1. The number of piperidine rings is 1. The van der Waals surface area contributed by atoms with E-state index < -0.39 is 6.10 Å². The minimum Gasteiger partial charge on any atom is -0.439 e.